The Labute approximate surface area is 114 Å². The molecule has 5 heteroatoms. The Bertz CT molecular complexity index is 585. The van der Waals surface area contributed by atoms with E-state index in [1.807, 2.05) is 18.2 Å². The number of rotatable bonds is 3. The number of ketones is 1. The van der Waals surface area contributed by atoms with E-state index in [1.54, 1.807) is 17.0 Å². The Morgan fingerprint density at radius 1 is 1.11 bits per heavy atom. The van der Waals surface area contributed by atoms with Crippen molar-refractivity contribution in [3.8, 4) is 5.75 Å². The number of benzene rings is 1. The summed E-state index contributed by atoms with van der Waals surface area (Å²) in [5.74, 6) is -0.302. The third-order valence-electron chi connectivity index (χ3n) is 2.47. The van der Waals surface area contributed by atoms with Crippen molar-refractivity contribution in [2.24, 2.45) is 0 Å². The number of pyridine rings is 1. The first kappa shape index (κ1) is 12.9. The van der Waals surface area contributed by atoms with Crippen LogP contribution in [-0.2, 0) is 6.54 Å². The summed E-state index contributed by atoms with van der Waals surface area (Å²) in [5, 5.41) is 9.45. The van der Waals surface area contributed by atoms with Crippen molar-refractivity contribution in [2.45, 2.75) is 6.54 Å². The van der Waals surface area contributed by atoms with E-state index in [0.717, 1.165) is 0 Å². The SMILES string of the molecule is O=C(C[n+]1ccccc1)c1ccc(O)c(Cl)c1Cl. The van der Waals surface area contributed by atoms with Crippen LogP contribution < -0.4 is 4.57 Å². The molecule has 1 heterocycles. The molecule has 3 nitrogen and oxygen atoms in total. The summed E-state index contributed by atoms with van der Waals surface area (Å²) in [6.07, 6.45) is 3.57. The lowest BCUT2D eigenvalue weighted by Crippen LogP contribution is -2.36. The highest BCUT2D eigenvalue weighted by Gasteiger charge is 2.18. The lowest BCUT2D eigenvalue weighted by molar-refractivity contribution is -0.683. The summed E-state index contributed by atoms with van der Waals surface area (Å²) >= 11 is 11.7. The molecule has 2 aromatic rings. The first-order valence-electron chi connectivity index (χ1n) is 5.24. The van der Waals surface area contributed by atoms with Gasteiger partial charge in [-0.1, -0.05) is 29.3 Å². The lowest BCUT2D eigenvalue weighted by Gasteiger charge is -2.04. The van der Waals surface area contributed by atoms with E-state index in [4.69, 9.17) is 23.2 Å². The summed E-state index contributed by atoms with van der Waals surface area (Å²) in [6.45, 7) is 0.168. The first-order chi connectivity index (χ1) is 8.59. The fourth-order valence-electron chi connectivity index (χ4n) is 1.55. The second-order valence-electron chi connectivity index (χ2n) is 3.73. The third kappa shape index (κ3) is 2.63. The molecular weight excluding hydrogens is 273 g/mol. The fraction of sp³-hybridized carbons (Fsp3) is 0.0769. The Morgan fingerprint density at radius 3 is 2.44 bits per heavy atom. The molecule has 0 aliphatic carbocycles. The van der Waals surface area contributed by atoms with Crippen LogP contribution >= 0.6 is 23.2 Å². The molecule has 0 saturated heterocycles. The monoisotopic (exact) mass is 282 g/mol. The molecule has 0 aliphatic rings. The number of carbonyl (C=O) groups is 1. The standard InChI is InChI=1S/C13H9Cl2NO2/c14-12-9(4-5-10(17)13(12)15)11(18)8-16-6-2-1-3-7-16/h1-7H,8H2/p+1. The van der Waals surface area contributed by atoms with E-state index in [2.05, 4.69) is 0 Å². The highest BCUT2D eigenvalue weighted by atomic mass is 35.5. The maximum absolute atomic E-state index is 12.1. The second kappa shape index (κ2) is 5.38. The molecule has 1 aromatic carbocycles. The van der Waals surface area contributed by atoms with Gasteiger partial charge in [0.25, 0.3) is 0 Å². The molecule has 0 atom stereocenters. The molecule has 2 rings (SSSR count). The van der Waals surface area contributed by atoms with Crippen molar-refractivity contribution in [2.75, 3.05) is 0 Å². The van der Waals surface area contributed by atoms with Crippen LogP contribution in [-0.4, -0.2) is 10.9 Å². The van der Waals surface area contributed by atoms with Crippen LogP contribution in [0.2, 0.25) is 10.0 Å². The van der Waals surface area contributed by atoms with Gasteiger partial charge in [0.15, 0.2) is 12.4 Å². The molecule has 0 fully saturated rings. The van der Waals surface area contributed by atoms with Crippen LogP contribution in [0, 0.1) is 0 Å². The Morgan fingerprint density at radius 2 is 1.78 bits per heavy atom. The molecule has 0 unspecified atom stereocenters. The van der Waals surface area contributed by atoms with Crippen molar-refractivity contribution in [1.82, 2.24) is 0 Å². The summed E-state index contributed by atoms with van der Waals surface area (Å²) < 4.78 is 1.74. The van der Waals surface area contributed by atoms with Gasteiger partial charge in [-0.2, -0.15) is 4.57 Å². The van der Waals surface area contributed by atoms with Gasteiger partial charge in [0.2, 0.25) is 12.3 Å². The highest BCUT2D eigenvalue weighted by molar-refractivity contribution is 6.44. The minimum absolute atomic E-state index is 0.000536. The predicted octanol–water partition coefficient (Wildman–Crippen LogP) is 2.87. The number of carbonyl (C=O) groups excluding carboxylic acids is 1. The minimum Gasteiger partial charge on any atom is -0.506 e. The number of aromatic hydroxyl groups is 1. The average Bonchev–Trinajstić information content (AvgIpc) is 2.37. The maximum atomic E-state index is 12.1. The van der Waals surface area contributed by atoms with Crippen molar-refractivity contribution < 1.29 is 14.5 Å². The number of nitrogens with zero attached hydrogens (tertiary/aromatic N) is 1. The van der Waals surface area contributed by atoms with Crippen molar-refractivity contribution in [1.29, 1.82) is 0 Å². The number of hydrogen-bond acceptors (Lipinski definition) is 2. The second-order valence-corrected chi connectivity index (χ2v) is 4.49. The summed E-state index contributed by atoms with van der Waals surface area (Å²) in [5.41, 5.74) is 0.302. The van der Waals surface area contributed by atoms with Gasteiger partial charge in [0, 0.05) is 17.7 Å². The number of Topliss-reactive ketones (excluding diaryl/α,β-unsaturated/α-hetero) is 1. The Hall–Kier alpha value is -1.58. The molecule has 0 radical (unpaired) electrons. The van der Waals surface area contributed by atoms with Gasteiger partial charge < -0.3 is 5.11 Å². The number of aromatic nitrogens is 1. The quantitative estimate of drug-likeness (QED) is 0.695. The smallest absolute Gasteiger partial charge is 0.229 e. The van der Waals surface area contributed by atoms with Crippen LogP contribution in [0.5, 0.6) is 5.75 Å². The van der Waals surface area contributed by atoms with Gasteiger partial charge in [-0.25, -0.2) is 0 Å². The number of hydrogen-bond donors (Lipinski definition) is 1. The molecule has 0 bridgehead atoms. The zero-order valence-electron chi connectivity index (χ0n) is 9.31. The molecule has 92 valence electrons. The summed E-state index contributed by atoms with van der Waals surface area (Å²) in [7, 11) is 0. The molecule has 0 saturated carbocycles. The molecule has 18 heavy (non-hydrogen) atoms. The number of halogens is 2. The molecular formula is C13H10Cl2NO2+. The molecule has 1 aromatic heterocycles. The first-order valence-corrected chi connectivity index (χ1v) is 5.99. The lowest BCUT2D eigenvalue weighted by atomic mass is 10.1. The molecule has 0 aliphatic heterocycles. The van der Waals surface area contributed by atoms with Crippen molar-refractivity contribution in [3.05, 3.63) is 58.3 Å². The summed E-state index contributed by atoms with van der Waals surface area (Å²) in [4.78, 5) is 12.1. The number of phenols is 1. The average molecular weight is 283 g/mol. The van der Waals surface area contributed by atoms with Gasteiger partial charge in [-0.15, -0.1) is 0 Å². The fourth-order valence-corrected chi connectivity index (χ4v) is 1.98. The largest absolute Gasteiger partial charge is 0.506 e. The van der Waals surface area contributed by atoms with Crippen molar-refractivity contribution in [3.63, 3.8) is 0 Å². The zero-order chi connectivity index (χ0) is 13.1. The van der Waals surface area contributed by atoms with Crippen LogP contribution in [0.4, 0.5) is 0 Å². The van der Waals surface area contributed by atoms with Crippen LogP contribution in [0.3, 0.4) is 0 Å². The van der Waals surface area contributed by atoms with Crippen LogP contribution in [0.1, 0.15) is 10.4 Å². The van der Waals surface area contributed by atoms with Crippen LogP contribution in [0.15, 0.2) is 42.7 Å². The summed E-state index contributed by atoms with van der Waals surface area (Å²) in [6, 6.07) is 8.36. The predicted molar refractivity (Wildman–Crippen MR) is 69.1 cm³/mol. The molecule has 0 amide bonds. The molecule has 1 N–H and O–H groups in total. The van der Waals surface area contributed by atoms with Gasteiger partial charge in [0.05, 0.1) is 5.02 Å². The van der Waals surface area contributed by atoms with E-state index in [1.165, 1.54) is 12.1 Å². The highest BCUT2D eigenvalue weighted by Crippen LogP contribution is 2.33. The van der Waals surface area contributed by atoms with Gasteiger partial charge in [-0.05, 0) is 12.1 Å². The van der Waals surface area contributed by atoms with Crippen LogP contribution in [0.25, 0.3) is 0 Å². The Kier molecular flexibility index (Phi) is 3.84. The van der Waals surface area contributed by atoms with Gasteiger partial charge in [-0.3, -0.25) is 4.79 Å². The van der Waals surface area contributed by atoms with E-state index in [0.29, 0.717) is 5.56 Å². The van der Waals surface area contributed by atoms with E-state index >= 15 is 0 Å². The maximum Gasteiger partial charge on any atom is 0.229 e. The van der Waals surface area contributed by atoms with Gasteiger partial charge in [0.1, 0.15) is 10.8 Å². The van der Waals surface area contributed by atoms with E-state index < -0.39 is 0 Å². The zero-order valence-corrected chi connectivity index (χ0v) is 10.8. The minimum atomic E-state index is -0.168. The topological polar surface area (TPSA) is 41.2 Å². The number of phenolic OH excluding ortho intramolecular Hbond substituents is 1. The normalized spacial score (nSPS) is 10.3. The van der Waals surface area contributed by atoms with E-state index in [-0.39, 0.29) is 28.1 Å². The Balaban J connectivity index is 2.28. The third-order valence-corrected chi connectivity index (χ3v) is 3.34. The van der Waals surface area contributed by atoms with E-state index in [9.17, 15) is 9.90 Å². The van der Waals surface area contributed by atoms with Gasteiger partial charge >= 0.3 is 0 Å². The molecule has 0 spiro atoms. The van der Waals surface area contributed by atoms with Crippen molar-refractivity contribution >= 4 is 29.0 Å².